The zero-order valence-electron chi connectivity index (χ0n) is 47.9. The molecule has 0 aromatic heterocycles. The zero-order chi connectivity index (χ0) is 52.2. The average molecular weight is 1010 g/mol. The molecule has 72 heavy (non-hydrogen) atoms. The Labute approximate surface area is 447 Å². The minimum absolute atomic E-state index is 0.0767. The summed E-state index contributed by atoms with van der Waals surface area (Å²) in [5.41, 5.74) is 0. The number of unbranched alkanes of at least 4 members (excludes halogenated alkanes) is 36. The fourth-order valence-electron chi connectivity index (χ4n) is 9.08. The first kappa shape index (κ1) is 69.1. The van der Waals surface area contributed by atoms with Gasteiger partial charge in [-0.1, -0.05) is 281 Å². The first-order valence-electron chi connectivity index (χ1n) is 31.3. The van der Waals surface area contributed by atoms with Crippen molar-refractivity contribution < 1.29 is 28.6 Å². The summed E-state index contributed by atoms with van der Waals surface area (Å²) in [6.45, 7) is 6.54. The molecule has 1 atom stereocenters. The van der Waals surface area contributed by atoms with E-state index in [-0.39, 0.29) is 31.1 Å². The van der Waals surface area contributed by atoms with Crippen LogP contribution in [0.25, 0.3) is 0 Å². The second-order valence-corrected chi connectivity index (χ2v) is 20.9. The quantitative estimate of drug-likeness (QED) is 0.0261. The smallest absolute Gasteiger partial charge is 0.306 e. The van der Waals surface area contributed by atoms with E-state index in [2.05, 4.69) is 81.5 Å². The molecule has 0 heterocycles. The summed E-state index contributed by atoms with van der Waals surface area (Å²) >= 11 is 0. The van der Waals surface area contributed by atoms with Gasteiger partial charge in [0.1, 0.15) is 13.2 Å². The van der Waals surface area contributed by atoms with Crippen LogP contribution in [0, 0.1) is 0 Å². The summed E-state index contributed by atoms with van der Waals surface area (Å²) in [4.78, 5) is 38.3. The molecule has 0 saturated heterocycles. The molecule has 0 N–H and O–H groups in total. The molecule has 6 nitrogen and oxygen atoms in total. The molecule has 0 aliphatic carbocycles. The molecule has 0 radical (unpaired) electrons. The Hall–Kier alpha value is -2.89. The van der Waals surface area contributed by atoms with Gasteiger partial charge in [0.15, 0.2) is 6.10 Å². The molecule has 6 heteroatoms. The number of rotatable bonds is 57. The predicted molar refractivity (Wildman–Crippen MR) is 312 cm³/mol. The molecular weight excluding hydrogens is 889 g/mol. The Kier molecular flexibility index (Phi) is 58.2. The van der Waals surface area contributed by atoms with Crippen molar-refractivity contribution in [1.29, 1.82) is 0 Å². The topological polar surface area (TPSA) is 78.9 Å². The van der Waals surface area contributed by atoms with Gasteiger partial charge in [-0.2, -0.15) is 0 Å². The van der Waals surface area contributed by atoms with Crippen LogP contribution in [0.3, 0.4) is 0 Å². The fourth-order valence-corrected chi connectivity index (χ4v) is 9.08. The van der Waals surface area contributed by atoms with Crippen LogP contribution in [0.15, 0.2) is 60.8 Å². The van der Waals surface area contributed by atoms with E-state index >= 15 is 0 Å². The van der Waals surface area contributed by atoms with E-state index in [9.17, 15) is 14.4 Å². The third-order valence-corrected chi connectivity index (χ3v) is 13.8. The highest BCUT2D eigenvalue weighted by Crippen LogP contribution is 2.17. The van der Waals surface area contributed by atoms with E-state index in [1.165, 1.54) is 193 Å². The van der Waals surface area contributed by atoms with Crippen molar-refractivity contribution in [3.8, 4) is 0 Å². The average Bonchev–Trinajstić information content (AvgIpc) is 3.38. The van der Waals surface area contributed by atoms with Gasteiger partial charge in [0, 0.05) is 19.3 Å². The van der Waals surface area contributed by atoms with Crippen LogP contribution in [-0.4, -0.2) is 37.2 Å². The number of allylic oxidation sites excluding steroid dienone is 10. The number of hydrogen-bond donors (Lipinski definition) is 0. The van der Waals surface area contributed by atoms with Crippen molar-refractivity contribution in [3.05, 3.63) is 60.8 Å². The van der Waals surface area contributed by atoms with Crippen LogP contribution in [0.5, 0.6) is 0 Å². The van der Waals surface area contributed by atoms with Gasteiger partial charge in [0.2, 0.25) is 0 Å². The number of hydrogen-bond acceptors (Lipinski definition) is 6. The first-order valence-corrected chi connectivity index (χ1v) is 31.3. The van der Waals surface area contributed by atoms with Gasteiger partial charge in [-0.3, -0.25) is 14.4 Å². The third kappa shape index (κ3) is 58.0. The van der Waals surface area contributed by atoms with Crippen molar-refractivity contribution in [2.75, 3.05) is 13.2 Å². The fraction of sp³-hybridized carbons (Fsp3) is 0.803. The van der Waals surface area contributed by atoms with E-state index in [0.29, 0.717) is 19.3 Å². The Bertz CT molecular complexity index is 1290. The lowest BCUT2D eigenvalue weighted by Gasteiger charge is -2.18. The highest BCUT2D eigenvalue weighted by Gasteiger charge is 2.19. The van der Waals surface area contributed by atoms with Crippen LogP contribution < -0.4 is 0 Å². The third-order valence-electron chi connectivity index (χ3n) is 13.8. The summed E-state index contributed by atoms with van der Waals surface area (Å²) in [6, 6.07) is 0. The standard InChI is InChI=1S/C66H118O6/c1-4-7-10-13-16-19-22-25-28-31-33-36-38-41-44-47-50-53-56-59-65(68)71-62-63(61-70-64(67)58-55-52-49-46-43-40-37-34-30-27-24-21-18-15-12-9-6-3)72-66(69)60-57-54-51-48-45-42-39-35-32-29-26-23-20-17-14-11-8-5-2/h9,12,16,18-19,21,25,27-28,30,63H,4-8,10-11,13-15,17,20,22-24,26,29,31-62H2,1-3H3/b12-9-,19-16-,21-18-,28-25-,30-27-. The molecule has 0 aromatic rings. The molecule has 0 amide bonds. The molecule has 0 bridgehead atoms. The molecule has 0 aliphatic rings. The normalized spacial score (nSPS) is 12.4. The van der Waals surface area contributed by atoms with Crippen molar-refractivity contribution in [3.63, 3.8) is 0 Å². The highest BCUT2D eigenvalue weighted by molar-refractivity contribution is 5.71. The summed E-state index contributed by atoms with van der Waals surface area (Å²) in [5.74, 6) is -0.872. The van der Waals surface area contributed by atoms with Gasteiger partial charge in [-0.15, -0.1) is 0 Å². The van der Waals surface area contributed by atoms with Crippen LogP contribution in [-0.2, 0) is 28.6 Å². The van der Waals surface area contributed by atoms with Crippen molar-refractivity contribution in [2.45, 2.75) is 329 Å². The molecule has 0 aromatic carbocycles. The Morgan fingerprint density at radius 2 is 0.542 bits per heavy atom. The van der Waals surface area contributed by atoms with Gasteiger partial charge >= 0.3 is 17.9 Å². The predicted octanol–water partition coefficient (Wildman–Crippen LogP) is 21.2. The minimum Gasteiger partial charge on any atom is -0.462 e. The van der Waals surface area contributed by atoms with E-state index in [4.69, 9.17) is 14.2 Å². The van der Waals surface area contributed by atoms with Crippen LogP contribution in [0.2, 0.25) is 0 Å². The zero-order valence-corrected chi connectivity index (χ0v) is 47.9. The van der Waals surface area contributed by atoms with Crippen molar-refractivity contribution in [2.24, 2.45) is 0 Å². The number of carbonyl (C=O) groups excluding carboxylic acids is 3. The highest BCUT2D eigenvalue weighted by atomic mass is 16.6. The van der Waals surface area contributed by atoms with Crippen molar-refractivity contribution >= 4 is 17.9 Å². The molecule has 1 unspecified atom stereocenters. The van der Waals surface area contributed by atoms with Gasteiger partial charge < -0.3 is 14.2 Å². The van der Waals surface area contributed by atoms with Crippen molar-refractivity contribution in [1.82, 2.24) is 0 Å². The van der Waals surface area contributed by atoms with Crippen LogP contribution in [0.4, 0.5) is 0 Å². The molecule has 418 valence electrons. The maximum absolute atomic E-state index is 12.9. The van der Waals surface area contributed by atoms with Gasteiger partial charge in [-0.25, -0.2) is 0 Å². The van der Waals surface area contributed by atoms with E-state index in [0.717, 1.165) is 89.9 Å². The van der Waals surface area contributed by atoms with E-state index < -0.39 is 6.10 Å². The molecule has 0 rings (SSSR count). The lowest BCUT2D eigenvalue weighted by atomic mass is 10.0. The Morgan fingerprint density at radius 3 is 0.875 bits per heavy atom. The summed E-state index contributed by atoms with van der Waals surface area (Å²) < 4.78 is 16.9. The number of carbonyl (C=O) groups is 3. The first-order chi connectivity index (χ1) is 35.5. The van der Waals surface area contributed by atoms with Gasteiger partial charge in [0.25, 0.3) is 0 Å². The monoisotopic (exact) mass is 1010 g/mol. The Morgan fingerprint density at radius 1 is 0.292 bits per heavy atom. The largest absolute Gasteiger partial charge is 0.462 e. The second-order valence-electron chi connectivity index (χ2n) is 20.9. The number of esters is 3. The second kappa shape index (κ2) is 60.7. The Balaban J connectivity index is 4.36. The lowest BCUT2D eigenvalue weighted by molar-refractivity contribution is -0.167. The number of ether oxygens (including phenoxy) is 3. The van der Waals surface area contributed by atoms with Gasteiger partial charge in [-0.05, 0) is 83.5 Å². The minimum atomic E-state index is -0.779. The summed E-state index contributed by atoms with van der Waals surface area (Å²) in [5, 5.41) is 0. The van der Waals surface area contributed by atoms with Gasteiger partial charge in [0.05, 0.1) is 0 Å². The van der Waals surface area contributed by atoms with E-state index in [1.807, 2.05) is 0 Å². The maximum Gasteiger partial charge on any atom is 0.306 e. The molecule has 0 spiro atoms. The summed E-state index contributed by atoms with van der Waals surface area (Å²) in [7, 11) is 0. The lowest BCUT2D eigenvalue weighted by Crippen LogP contribution is -2.30. The molecule has 0 saturated carbocycles. The van der Waals surface area contributed by atoms with Crippen LogP contribution in [0.1, 0.15) is 323 Å². The maximum atomic E-state index is 12.9. The van der Waals surface area contributed by atoms with Crippen LogP contribution >= 0.6 is 0 Å². The molecule has 0 aliphatic heterocycles. The SMILES string of the molecule is CC/C=C\C/C=C\C/C=C\CCCCCCCCCC(=O)OCC(COC(=O)CCCCCCCCCCC/C=C\C/C=C\CCCCC)OC(=O)CCCCCCCCCCCCCCCCCCCC. The summed E-state index contributed by atoms with van der Waals surface area (Å²) in [6.07, 6.45) is 76.4. The molecule has 0 fully saturated rings. The van der Waals surface area contributed by atoms with E-state index in [1.54, 1.807) is 0 Å². The molecular formula is C66H118O6.